The van der Waals surface area contributed by atoms with Gasteiger partial charge >= 0.3 is 0 Å². The second-order valence-corrected chi connectivity index (χ2v) is 6.82. The number of amides is 1. The molecule has 4 rings (SSSR count). The van der Waals surface area contributed by atoms with Gasteiger partial charge in [0.15, 0.2) is 0 Å². The van der Waals surface area contributed by atoms with Crippen LogP contribution in [-0.2, 0) is 0 Å². The summed E-state index contributed by atoms with van der Waals surface area (Å²) in [6, 6.07) is 1.79. The highest BCUT2D eigenvalue weighted by atomic mass is 35.5. The Kier molecular flexibility index (Phi) is 5.21. The van der Waals surface area contributed by atoms with Crippen LogP contribution in [0.15, 0.2) is 18.5 Å². The lowest BCUT2D eigenvalue weighted by Gasteiger charge is -2.19. The summed E-state index contributed by atoms with van der Waals surface area (Å²) in [6.45, 7) is 3.63. The molecule has 1 aliphatic rings. The smallest absolute Gasteiger partial charge is 0.291 e. The molecule has 0 aliphatic carbocycles. The third-order valence-corrected chi connectivity index (χ3v) is 4.72. The van der Waals surface area contributed by atoms with Gasteiger partial charge in [-0.15, -0.1) is 0 Å². The van der Waals surface area contributed by atoms with Gasteiger partial charge < -0.3 is 9.64 Å². The van der Waals surface area contributed by atoms with Crippen molar-refractivity contribution in [1.29, 1.82) is 0 Å². The molecule has 0 radical (unpaired) electrons. The fourth-order valence-electron chi connectivity index (χ4n) is 3.02. The molecule has 1 aliphatic heterocycles. The summed E-state index contributed by atoms with van der Waals surface area (Å²) in [4.78, 5) is 27.5. The standard InChI is InChI=1S/C19H19ClN6O2/c1-2-26-7-3-4-8-28-18-12(9-13(20)10-22-18)5-6-14-16-15(25-24-14)11-21-17(23-16)19(26)27/h5-6,9-11H,2-4,7-8H2,1H3,(H,24,25)/b6-5+. The number of aromatic nitrogens is 5. The third kappa shape index (κ3) is 3.68. The predicted octanol–water partition coefficient (Wildman–Crippen LogP) is 3.21. The zero-order valence-electron chi connectivity index (χ0n) is 15.4. The Morgan fingerprint density at radius 1 is 1.25 bits per heavy atom. The molecule has 3 aromatic heterocycles. The molecule has 0 atom stereocenters. The molecule has 0 saturated heterocycles. The SMILES string of the molecule is CCN1CCCCOc2ncc(Cl)cc2/C=C/c2n[nH]c3cnc(nc23)C1=O. The second kappa shape index (κ2) is 7.93. The minimum absolute atomic E-state index is 0.168. The molecule has 0 fully saturated rings. The Balaban J connectivity index is 1.80. The van der Waals surface area contributed by atoms with Crippen LogP contribution in [0.4, 0.5) is 0 Å². The average Bonchev–Trinajstić information content (AvgIpc) is 3.11. The number of rotatable bonds is 1. The van der Waals surface area contributed by atoms with Crippen molar-refractivity contribution >= 4 is 40.7 Å². The summed E-state index contributed by atoms with van der Waals surface area (Å²) in [7, 11) is 0. The molecule has 144 valence electrons. The number of nitrogens with zero attached hydrogens (tertiary/aromatic N) is 5. The summed E-state index contributed by atoms with van der Waals surface area (Å²) in [6.07, 6.45) is 8.35. The minimum atomic E-state index is -0.187. The van der Waals surface area contributed by atoms with E-state index in [9.17, 15) is 4.79 Å². The Morgan fingerprint density at radius 2 is 2.14 bits per heavy atom. The van der Waals surface area contributed by atoms with Gasteiger partial charge in [-0.25, -0.2) is 15.0 Å². The Labute approximate surface area is 166 Å². The molecular formula is C19H19ClN6O2. The van der Waals surface area contributed by atoms with E-state index in [1.54, 1.807) is 29.4 Å². The first-order chi connectivity index (χ1) is 13.7. The molecule has 28 heavy (non-hydrogen) atoms. The molecule has 8 nitrogen and oxygen atoms in total. The number of aromatic amines is 1. The fraction of sp³-hybridized carbons (Fsp3) is 0.316. The molecule has 0 spiro atoms. The van der Waals surface area contributed by atoms with Crippen molar-refractivity contribution in [3.05, 3.63) is 40.6 Å². The van der Waals surface area contributed by atoms with Crippen LogP contribution < -0.4 is 4.74 Å². The summed E-state index contributed by atoms with van der Waals surface area (Å²) in [5.41, 5.74) is 2.58. The van der Waals surface area contributed by atoms with Crippen LogP contribution in [0, 0.1) is 0 Å². The highest BCUT2D eigenvalue weighted by Gasteiger charge is 2.19. The van der Waals surface area contributed by atoms with E-state index in [-0.39, 0.29) is 11.7 Å². The molecule has 4 heterocycles. The van der Waals surface area contributed by atoms with Gasteiger partial charge in [0.25, 0.3) is 5.91 Å². The van der Waals surface area contributed by atoms with E-state index in [1.807, 2.05) is 13.0 Å². The second-order valence-electron chi connectivity index (χ2n) is 6.39. The normalized spacial score (nSPS) is 16.4. The zero-order chi connectivity index (χ0) is 19.5. The van der Waals surface area contributed by atoms with E-state index in [2.05, 4.69) is 25.1 Å². The average molecular weight is 399 g/mol. The summed E-state index contributed by atoms with van der Waals surface area (Å²) >= 11 is 6.10. The summed E-state index contributed by atoms with van der Waals surface area (Å²) in [5, 5.41) is 7.68. The largest absolute Gasteiger partial charge is 0.477 e. The van der Waals surface area contributed by atoms with Crippen LogP contribution in [0.1, 0.15) is 41.6 Å². The lowest BCUT2D eigenvalue weighted by Crippen LogP contribution is -2.33. The van der Waals surface area contributed by atoms with Crippen molar-refractivity contribution in [2.45, 2.75) is 19.8 Å². The van der Waals surface area contributed by atoms with Gasteiger partial charge in [-0.2, -0.15) is 5.10 Å². The van der Waals surface area contributed by atoms with Crippen molar-refractivity contribution in [2.75, 3.05) is 19.7 Å². The Morgan fingerprint density at radius 3 is 3.00 bits per heavy atom. The number of fused-ring (bicyclic) bond motifs is 2. The van der Waals surface area contributed by atoms with Gasteiger partial charge in [0.1, 0.15) is 16.7 Å². The van der Waals surface area contributed by atoms with E-state index in [4.69, 9.17) is 16.3 Å². The van der Waals surface area contributed by atoms with E-state index in [0.29, 0.717) is 47.3 Å². The highest BCUT2D eigenvalue weighted by molar-refractivity contribution is 6.30. The number of ether oxygens (including phenoxy) is 1. The van der Waals surface area contributed by atoms with E-state index in [0.717, 1.165) is 18.4 Å². The molecule has 2 bridgehead atoms. The number of halogens is 1. The van der Waals surface area contributed by atoms with Gasteiger partial charge in [0.05, 0.1) is 17.8 Å². The van der Waals surface area contributed by atoms with Crippen LogP contribution >= 0.6 is 11.6 Å². The van der Waals surface area contributed by atoms with Crippen molar-refractivity contribution in [2.24, 2.45) is 0 Å². The van der Waals surface area contributed by atoms with Gasteiger partial charge in [0, 0.05) is 24.8 Å². The monoisotopic (exact) mass is 398 g/mol. The van der Waals surface area contributed by atoms with Crippen LogP contribution in [0.5, 0.6) is 5.88 Å². The quantitative estimate of drug-likeness (QED) is 0.676. The number of hydrogen-bond donors (Lipinski definition) is 1. The fourth-order valence-corrected chi connectivity index (χ4v) is 3.19. The molecule has 0 unspecified atom stereocenters. The molecule has 9 heteroatoms. The molecule has 0 aromatic carbocycles. The number of hydrogen-bond acceptors (Lipinski definition) is 6. The van der Waals surface area contributed by atoms with Crippen molar-refractivity contribution in [1.82, 2.24) is 30.0 Å². The molecular weight excluding hydrogens is 380 g/mol. The van der Waals surface area contributed by atoms with Crippen LogP contribution in [-0.4, -0.2) is 55.7 Å². The number of carbonyl (C=O) groups is 1. The van der Waals surface area contributed by atoms with Gasteiger partial charge in [0.2, 0.25) is 11.7 Å². The van der Waals surface area contributed by atoms with Crippen molar-refractivity contribution < 1.29 is 9.53 Å². The van der Waals surface area contributed by atoms with Gasteiger partial charge in [-0.1, -0.05) is 11.6 Å². The molecule has 1 amide bonds. The van der Waals surface area contributed by atoms with Crippen LogP contribution in [0.25, 0.3) is 23.2 Å². The first kappa shape index (κ1) is 18.4. The number of H-pyrrole nitrogens is 1. The summed E-state index contributed by atoms with van der Waals surface area (Å²) < 4.78 is 5.84. The predicted molar refractivity (Wildman–Crippen MR) is 106 cm³/mol. The van der Waals surface area contributed by atoms with Gasteiger partial charge in [-0.05, 0) is 38.0 Å². The van der Waals surface area contributed by atoms with Crippen LogP contribution in [0.3, 0.4) is 0 Å². The minimum Gasteiger partial charge on any atom is -0.477 e. The molecule has 1 N–H and O–H groups in total. The number of carbonyl (C=O) groups excluding carboxylic acids is 1. The van der Waals surface area contributed by atoms with Crippen LogP contribution in [0.2, 0.25) is 5.02 Å². The lowest BCUT2D eigenvalue weighted by molar-refractivity contribution is 0.0747. The number of pyridine rings is 1. The maximum atomic E-state index is 12.8. The lowest BCUT2D eigenvalue weighted by atomic mass is 10.2. The number of nitrogens with one attached hydrogen (secondary N) is 1. The summed E-state index contributed by atoms with van der Waals surface area (Å²) in [5.74, 6) is 0.490. The van der Waals surface area contributed by atoms with E-state index < -0.39 is 0 Å². The first-order valence-electron chi connectivity index (χ1n) is 9.12. The molecule has 0 saturated carbocycles. The third-order valence-electron chi connectivity index (χ3n) is 4.52. The zero-order valence-corrected chi connectivity index (χ0v) is 16.1. The highest BCUT2D eigenvalue weighted by Crippen LogP contribution is 2.24. The maximum absolute atomic E-state index is 12.8. The van der Waals surface area contributed by atoms with Crippen molar-refractivity contribution in [3.63, 3.8) is 0 Å². The molecule has 3 aromatic rings. The van der Waals surface area contributed by atoms with Gasteiger partial charge in [-0.3, -0.25) is 9.89 Å². The first-order valence-corrected chi connectivity index (χ1v) is 9.50. The topological polar surface area (TPSA) is 96.9 Å². The maximum Gasteiger partial charge on any atom is 0.291 e. The van der Waals surface area contributed by atoms with E-state index in [1.165, 1.54) is 0 Å². The Hall–Kier alpha value is -3.00. The van der Waals surface area contributed by atoms with E-state index >= 15 is 0 Å². The van der Waals surface area contributed by atoms with Crippen molar-refractivity contribution in [3.8, 4) is 5.88 Å². The Bertz CT molecular complexity index is 1050.